The number of nitrogens with two attached hydrogens (primary N) is 1. The van der Waals surface area contributed by atoms with E-state index in [1.165, 1.54) is 0 Å². The van der Waals surface area contributed by atoms with Gasteiger partial charge in [0.15, 0.2) is 5.96 Å². The molecule has 2 rings (SSSR count). The monoisotopic (exact) mass is 282 g/mol. The van der Waals surface area contributed by atoms with Gasteiger partial charge in [0.25, 0.3) is 0 Å². The van der Waals surface area contributed by atoms with Crippen LogP contribution >= 0.6 is 15.9 Å². The molecular formula is C10H11BrN4O. The molecule has 0 fully saturated rings. The molecule has 0 amide bonds. The van der Waals surface area contributed by atoms with E-state index in [0.717, 1.165) is 15.9 Å². The molecule has 0 saturated heterocycles. The maximum Gasteiger partial charge on any atom is 0.193 e. The minimum atomic E-state index is 0.414. The van der Waals surface area contributed by atoms with E-state index in [0.29, 0.717) is 19.1 Å². The number of hydrogen-bond donors (Lipinski definition) is 2. The Labute approximate surface area is 102 Å². The summed E-state index contributed by atoms with van der Waals surface area (Å²) in [5, 5.41) is 2.80. The van der Waals surface area contributed by atoms with E-state index in [9.17, 15) is 0 Å². The number of nitrogens with zero attached hydrogens (tertiary/aromatic N) is 2. The lowest BCUT2D eigenvalue weighted by Gasteiger charge is -2.13. The normalized spacial score (nSPS) is 14.8. The SMILES string of the molecule is NC1=NCC(OCc2ccc(Br)nc2)=CN1. The number of rotatable bonds is 3. The van der Waals surface area contributed by atoms with Crippen LogP contribution in [0.25, 0.3) is 0 Å². The highest BCUT2D eigenvalue weighted by Crippen LogP contribution is 2.10. The fourth-order valence-electron chi connectivity index (χ4n) is 1.16. The van der Waals surface area contributed by atoms with Crippen LogP contribution in [0.2, 0.25) is 0 Å². The van der Waals surface area contributed by atoms with Gasteiger partial charge in [0.05, 0.1) is 0 Å². The number of guanidine groups is 1. The van der Waals surface area contributed by atoms with Crippen molar-refractivity contribution in [2.75, 3.05) is 6.54 Å². The van der Waals surface area contributed by atoms with E-state index >= 15 is 0 Å². The van der Waals surface area contributed by atoms with Gasteiger partial charge in [-0.05, 0) is 22.0 Å². The van der Waals surface area contributed by atoms with E-state index < -0.39 is 0 Å². The highest BCUT2D eigenvalue weighted by molar-refractivity contribution is 9.10. The molecule has 0 saturated carbocycles. The molecule has 0 bridgehead atoms. The average Bonchev–Trinajstić information content (AvgIpc) is 2.30. The van der Waals surface area contributed by atoms with Crippen molar-refractivity contribution in [3.8, 4) is 0 Å². The molecule has 1 aliphatic rings. The molecule has 0 atom stereocenters. The second kappa shape index (κ2) is 4.98. The molecule has 1 aromatic heterocycles. The van der Waals surface area contributed by atoms with Gasteiger partial charge >= 0.3 is 0 Å². The number of aromatic nitrogens is 1. The summed E-state index contributed by atoms with van der Waals surface area (Å²) in [4.78, 5) is 8.11. The fraction of sp³-hybridized carbons (Fsp3) is 0.200. The zero-order valence-corrected chi connectivity index (χ0v) is 10.1. The summed E-state index contributed by atoms with van der Waals surface area (Å²) >= 11 is 3.27. The third-order valence-corrected chi connectivity index (χ3v) is 2.47. The summed E-state index contributed by atoms with van der Waals surface area (Å²) in [7, 11) is 0. The Morgan fingerprint density at radius 2 is 2.38 bits per heavy atom. The minimum Gasteiger partial charge on any atom is -0.490 e. The molecule has 6 heteroatoms. The Kier molecular flexibility index (Phi) is 3.40. The van der Waals surface area contributed by atoms with Gasteiger partial charge in [-0.1, -0.05) is 6.07 Å². The molecule has 0 aromatic carbocycles. The maximum absolute atomic E-state index is 5.54. The van der Waals surface area contributed by atoms with Crippen LogP contribution in [0.5, 0.6) is 0 Å². The van der Waals surface area contributed by atoms with Crippen molar-refractivity contribution in [1.29, 1.82) is 0 Å². The van der Waals surface area contributed by atoms with E-state index in [1.807, 2.05) is 12.1 Å². The van der Waals surface area contributed by atoms with Crippen molar-refractivity contribution >= 4 is 21.9 Å². The molecule has 16 heavy (non-hydrogen) atoms. The summed E-state index contributed by atoms with van der Waals surface area (Å²) in [5.41, 5.74) is 6.45. The fourth-order valence-corrected chi connectivity index (χ4v) is 1.40. The summed E-state index contributed by atoms with van der Waals surface area (Å²) in [6, 6.07) is 3.83. The number of hydrogen-bond acceptors (Lipinski definition) is 5. The first-order valence-electron chi connectivity index (χ1n) is 4.73. The van der Waals surface area contributed by atoms with Crippen LogP contribution in [0, 0.1) is 0 Å². The van der Waals surface area contributed by atoms with Crippen LogP contribution in [-0.4, -0.2) is 17.5 Å². The number of ether oxygens (including phenoxy) is 1. The lowest BCUT2D eigenvalue weighted by Crippen LogP contribution is -2.31. The molecule has 84 valence electrons. The highest BCUT2D eigenvalue weighted by atomic mass is 79.9. The van der Waals surface area contributed by atoms with E-state index in [-0.39, 0.29) is 0 Å². The van der Waals surface area contributed by atoms with Crippen molar-refractivity contribution in [1.82, 2.24) is 10.3 Å². The van der Waals surface area contributed by atoms with Crippen molar-refractivity contribution in [2.45, 2.75) is 6.61 Å². The molecule has 0 unspecified atom stereocenters. The summed E-state index contributed by atoms with van der Waals surface area (Å²) < 4.78 is 6.35. The van der Waals surface area contributed by atoms with Gasteiger partial charge in [0.2, 0.25) is 0 Å². The molecule has 0 spiro atoms. The lowest BCUT2D eigenvalue weighted by molar-refractivity contribution is 0.193. The van der Waals surface area contributed by atoms with Crippen LogP contribution < -0.4 is 11.1 Å². The summed E-state index contributed by atoms with van der Waals surface area (Å²) in [6.45, 7) is 0.950. The van der Waals surface area contributed by atoms with E-state index in [1.54, 1.807) is 12.4 Å². The van der Waals surface area contributed by atoms with Crippen LogP contribution in [0.3, 0.4) is 0 Å². The lowest BCUT2D eigenvalue weighted by atomic mass is 10.3. The maximum atomic E-state index is 5.54. The zero-order valence-electron chi connectivity index (χ0n) is 8.48. The average molecular weight is 283 g/mol. The van der Waals surface area contributed by atoms with Crippen LogP contribution in [0.4, 0.5) is 0 Å². The largest absolute Gasteiger partial charge is 0.490 e. The molecule has 1 aliphatic heterocycles. The van der Waals surface area contributed by atoms with Gasteiger partial charge in [-0.25, -0.2) is 9.98 Å². The third-order valence-electron chi connectivity index (χ3n) is 2.00. The number of halogens is 1. The van der Waals surface area contributed by atoms with Crippen LogP contribution in [0.15, 0.2) is 39.9 Å². The van der Waals surface area contributed by atoms with Crippen LogP contribution in [-0.2, 0) is 11.3 Å². The predicted molar refractivity (Wildman–Crippen MR) is 64.4 cm³/mol. The molecule has 0 aliphatic carbocycles. The van der Waals surface area contributed by atoms with Gasteiger partial charge in [-0.3, -0.25) is 0 Å². The van der Waals surface area contributed by atoms with Crippen molar-refractivity contribution in [3.05, 3.63) is 40.5 Å². The highest BCUT2D eigenvalue weighted by Gasteiger charge is 2.04. The minimum absolute atomic E-state index is 0.414. The first-order valence-corrected chi connectivity index (χ1v) is 5.52. The van der Waals surface area contributed by atoms with Gasteiger partial charge < -0.3 is 15.8 Å². The molecule has 2 heterocycles. The Bertz CT molecular complexity index is 427. The topological polar surface area (TPSA) is 72.5 Å². The summed E-state index contributed by atoms with van der Waals surface area (Å²) in [5.74, 6) is 1.18. The van der Waals surface area contributed by atoms with E-state index in [2.05, 4.69) is 31.2 Å². The van der Waals surface area contributed by atoms with Crippen LogP contribution in [0.1, 0.15) is 5.56 Å². The number of nitrogens with one attached hydrogen (secondary N) is 1. The third kappa shape index (κ3) is 2.96. The standard InChI is InChI=1S/C10H11BrN4O/c11-9-2-1-7(3-13-9)6-16-8-4-14-10(12)15-5-8/h1-4H,5-6H2,(H3,12,14,15). The summed E-state index contributed by atoms with van der Waals surface area (Å²) in [6.07, 6.45) is 3.48. The molecule has 1 aromatic rings. The second-order valence-corrected chi connectivity index (χ2v) is 4.05. The van der Waals surface area contributed by atoms with Crippen molar-refractivity contribution in [2.24, 2.45) is 10.7 Å². The molecule has 5 nitrogen and oxygen atoms in total. The molecule has 3 N–H and O–H groups in total. The Morgan fingerprint density at radius 1 is 1.50 bits per heavy atom. The quantitative estimate of drug-likeness (QED) is 0.815. The Morgan fingerprint density at radius 3 is 3.00 bits per heavy atom. The van der Waals surface area contributed by atoms with Gasteiger partial charge in [0.1, 0.15) is 23.5 Å². The first-order chi connectivity index (χ1) is 7.74. The van der Waals surface area contributed by atoms with Gasteiger partial charge in [-0.2, -0.15) is 0 Å². The van der Waals surface area contributed by atoms with Crippen molar-refractivity contribution in [3.63, 3.8) is 0 Å². The number of aliphatic imine (C=N–C) groups is 1. The van der Waals surface area contributed by atoms with Gasteiger partial charge in [-0.15, -0.1) is 0 Å². The first kappa shape index (κ1) is 10.9. The second-order valence-electron chi connectivity index (χ2n) is 3.23. The molecular weight excluding hydrogens is 272 g/mol. The van der Waals surface area contributed by atoms with Crippen molar-refractivity contribution < 1.29 is 4.74 Å². The number of pyridine rings is 1. The zero-order chi connectivity index (χ0) is 11.4. The molecule has 0 radical (unpaired) electrons. The van der Waals surface area contributed by atoms with E-state index in [4.69, 9.17) is 10.5 Å². The Hall–Kier alpha value is -1.56. The smallest absolute Gasteiger partial charge is 0.193 e. The Balaban J connectivity index is 1.86. The van der Waals surface area contributed by atoms with Gasteiger partial charge in [0, 0.05) is 18.0 Å². The predicted octanol–water partition coefficient (Wildman–Crippen LogP) is 1.12.